The SMILES string of the molecule is C[N+]1(CC2CC2)CC[C@]23c4c5ccc(O)c4OC2C(O)CC[C@@]3(O)C1C5. The first-order chi connectivity index (χ1) is 12.4. The zero-order valence-corrected chi connectivity index (χ0v) is 15.3. The van der Waals surface area contributed by atoms with Crippen molar-refractivity contribution in [2.24, 2.45) is 5.92 Å². The van der Waals surface area contributed by atoms with E-state index in [1.54, 1.807) is 6.07 Å². The van der Waals surface area contributed by atoms with Crippen molar-refractivity contribution in [3.8, 4) is 11.5 Å². The lowest BCUT2D eigenvalue weighted by molar-refractivity contribution is -0.950. The fourth-order valence-corrected chi connectivity index (χ4v) is 7.13. The Hall–Kier alpha value is -1.30. The van der Waals surface area contributed by atoms with E-state index in [4.69, 9.17) is 4.74 Å². The van der Waals surface area contributed by atoms with Crippen LogP contribution in [0.5, 0.6) is 11.5 Å². The van der Waals surface area contributed by atoms with Gasteiger partial charge < -0.3 is 24.5 Å². The highest BCUT2D eigenvalue weighted by molar-refractivity contribution is 5.62. The van der Waals surface area contributed by atoms with Gasteiger partial charge >= 0.3 is 0 Å². The summed E-state index contributed by atoms with van der Waals surface area (Å²) in [5.74, 6) is 1.46. The van der Waals surface area contributed by atoms with Crippen LogP contribution < -0.4 is 4.74 Å². The number of ether oxygens (including phenoxy) is 1. The van der Waals surface area contributed by atoms with Crippen molar-refractivity contribution in [3.05, 3.63) is 23.3 Å². The Morgan fingerprint density at radius 3 is 2.81 bits per heavy atom. The predicted molar refractivity (Wildman–Crippen MR) is 95.1 cm³/mol. The zero-order chi connectivity index (χ0) is 17.9. The third-order valence-corrected chi connectivity index (χ3v) is 8.45. The summed E-state index contributed by atoms with van der Waals surface area (Å²) in [4.78, 5) is 0. The average Bonchev–Trinajstić information content (AvgIpc) is 3.32. The second-order valence-electron chi connectivity index (χ2n) is 9.79. The van der Waals surface area contributed by atoms with Gasteiger partial charge in [-0.1, -0.05) is 6.07 Å². The van der Waals surface area contributed by atoms with Crippen LogP contribution in [0, 0.1) is 5.92 Å². The molecule has 6 rings (SSSR count). The van der Waals surface area contributed by atoms with Crippen LogP contribution in [0.25, 0.3) is 0 Å². The Balaban J connectivity index is 1.59. The van der Waals surface area contributed by atoms with Gasteiger partial charge in [0.2, 0.25) is 0 Å². The quantitative estimate of drug-likeness (QED) is 0.700. The molecule has 4 unspecified atom stereocenters. The first-order valence-electron chi connectivity index (χ1n) is 10.2. The molecule has 140 valence electrons. The van der Waals surface area contributed by atoms with E-state index in [1.165, 1.54) is 18.4 Å². The molecule has 1 aromatic carbocycles. The number of aliphatic hydroxyl groups excluding tert-OH is 1. The Morgan fingerprint density at radius 2 is 2.04 bits per heavy atom. The molecule has 6 atom stereocenters. The molecule has 5 nitrogen and oxygen atoms in total. The number of nitrogens with zero attached hydrogens (tertiary/aromatic N) is 1. The zero-order valence-electron chi connectivity index (χ0n) is 15.3. The fourth-order valence-electron chi connectivity index (χ4n) is 7.13. The third kappa shape index (κ3) is 1.60. The van der Waals surface area contributed by atoms with Crippen LogP contribution in [0.2, 0.25) is 0 Å². The van der Waals surface area contributed by atoms with Gasteiger partial charge in [-0.25, -0.2) is 0 Å². The number of hydrogen-bond acceptors (Lipinski definition) is 4. The summed E-state index contributed by atoms with van der Waals surface area (Å²) in [5, 5.41) is 33.4. The van der Waals surface area contributed by atoms with E-state index in [0.717, 1.165) is 41.9 Å². The van der Waals surface area contributed by atoms with Crippen LogP contribution in [-0.4, -0.2) is 63.8 Å². The molecule has 1 aromatic rings. The molecule has 1 saturated heterocycles. The molecule has 2 bridgehead atoms. The van der Waals surface area contributed by atoms with Gasteiger partial charge in [0.1, 0.15) is 17.7 Å². The van der Waals surface area contributed by atoms with Crippen molar-refractivity contribution in [1.29, 1.82) is 0 Å². The van der Waals surface area contributed by atoms with Crippen LogP contribution in [0.1, 0.15) is 43.2 Å². The average molecular weight is 358 g/mol. The van der Waals surface area contributed by atoms with Gasteiger partial charge in [-0.15, -0.1) is 0 Å². The van der Waals surface area contributed by atoms with Crippen molar-refractivity contribution < 1.29 is 24.5 Å². The van der Waals surface area contributed by atoms with E-state index in [-0.39, 0.29) is 11.8 Å². The second kappa shape index (κ2) is 4.57. The lowest BCUT2D eigenvalue weighted by Crippen LogP contribution is -2.81. The van der Waals surface area contributed by atoms with Crippen LogP contribution in [0.3, 0.4) is 0 Å². The normalized spacial score (nSPS) is 48.0. The second-order valence-corrected chi connectivity index (χ2v) is 9.79. The standard InChI is InChI=1S/C21H27NO4/c1-22(11-12-2-3-12)9-8-20-17-13-4-5-14(23)18(17)26-19(20)15(24)6-7-21(20,25)16(22)10-13/h4-5,12,15-16,19,24-25H,2-3,6-11H2,1H3/p+1/t15?,16?,19?,20-,21+,22?/m0/s1. The molecule has 2 heterocycles. The highest BCUT2D eigenvalue weighted by Crippen LogP contribution is 2.66. The molecule has 2 aliphatic heterocycles. The Bertz CT molecular complexity index is 807. The number of hydrogen-bond donors (Lipinski definition) is 3. The molecule has 5 aliphatic rings. The summed E-state index contributed by atoms with van der Waals surface area (Å²) < 4.78 is 7.11. The predicted octanol–water partition coefficient (Wildman–Crippen LogP) is 1.46. The van der Waals surface area contributed by atoms with Gasteiger partial charge in [0.15, 0.2) is 11.5 Å². The number of aromatic hydroxyl groups is 1. The first-order valence-corrected chi connectivity index (χ1v) is 10.2. The molecular formula is C21H28NO4+. The van der Waals surface area contributed by atoms with E-state index in [9.17, 15) is 15.3 Å². The molecule has 2 saturated carbocycles. The van der Waals surface area contributed by atoms with E-state index >= 15 is 0 Å². The summed E-state index contributed by atoms with van der Waals surface area (Å²) in [6, 6.07) is 3.88. The van der Waals surface area contributed by atoms with E-state index in [0.29, 0.717) is 18.6 Å². The number of phenols is 1. The third-order valence-electron chi connectivity index (χ3n) is 8.45. The summed E-state index contributed by atoms with van der Waals surface area (Å²) in [5.41, 5.74) is 0.755. The highest BCUT2D eigenvalue weighted by Gasteiger charge is 2.76. The molecule has 0 amide bonds. The number of aliphatic hydroxyl groups is 2. The number of benzene rings is 1. The molecular weight excluding hydrogens is 330 g/mol. The van der Waals surface area contributed by atoms with Crippen molar-refractivity contribution in [3.63, 3.8) is 0 Å². The van der Waals surface area contributed by atoms with Crippen LogP contribution in [-0.2, 0) is 11.8 Å². The number of phenolic OH excluding ortho intramolecular Hbond substituents is 1. The fraction of sp³-hybridized carbons (Fsp3) is 0.714. The van der Waals surface area contributed by atoms with Crippen molar-refractivity contribution >= 4 is 0 Å². The van der Waals surface area contributed by atoms with Crippen molar-refractivity contribution in [1.82, 2.24) is 0 Å². The number of likely N-dealkylation sites (N-methyl/N-ethyl adjacent to an activating group) is 1. The highest BCUT2D eigenvalue weighted by atomic mass is 16.5. The molecule has 26 heavy (non-hydrogen) atoms. The minimum absolute atomic E-state index is 0.137. The van der Waals surface area contributed by atoms with Gasteiger partial charge in [-0.2, -0.15) is 0 Å². The molecule has 0 radical (unpaired) electrons. The molecule has 5 heteroatoms. The molecule has 1 spiro atoms. The molecule has 3 N–H and O–H groups in total. The van der Waals surface area contributed by atoms with Crippen LogP contribution in [0.15, 0.2) is 12.1 Å². The maximum atomic E-state index is 12.2. The van der Waals surface area contributed by atoms with E-state index in [1.807, 2.05) is 6.07 Å². The van der Waals surface area contributed by atoms with Crippen LogP contribution in [0.4, 0.5) is 0 Å². The number of quaternary nitrogens is 1. The van der Waals surface area contributed by atoms with Gasteiger partial charge in [-0.3, -0.25) is 0 Å². The first kappa shape index (κ1) is 15.7. The van der Waals surface area contributed by atoms with Gasteiger partial charge in [0, 0.05) is 24.3 Å². The van der Waals surface area contributed by atoms with E-state index in [2.05, 4.69) is 7.05 Å². The Kier molecular flexibility index (Phi) is 2.76. The Labute approximate surface area is 153 Å². The van der Waals surface area contributed by atoms with Crippen molar-refractivity contribution in [2.75, 3.05) is 20.1 Å². The number of piperidine rings is 1. The number of rotatable bonds is 2. The molecule has 3 aliphatic carbocycles. The van der Waals surface area contributed by atoms with Crippen LogP contribution >= 0.6 is 0 Å². The lowest BCUT2D eigenvalue weighted by atomic mass is 9.48. The van der Waals surface area contributed by atoms with Gasteiger partial charge in [0.05, 0.1) is 31.7 Å². The Morgan fingerprint density at radius 1 is 1.23 bits per heavy atom. The summed E-state index contributed by atoms with van der Waals surface area (Å²) in [6.07, 6.45) is 4.44. The molecule has 3 fully saturated rings. The number of likely N-dealkylation sites (tertiary alicyclic amines) is 1. The smallest absolute Gasteiger partial charge is 0.165 e. The maximum Gasteiger partial charge on any atom is 0.165 e. The largest absolute Gasteiger partial charge is 0.504 e. The minimum Gasteiger partial charge on any atom is -0.504 e. The monoisotopic (exact) mass is 358 g/mol. The maximum absolute atomic E-state index is 12.2. The van der Waals surface area contributed by atoms with Gasteiger partial charge in [0.25, 0.3) is 0 Å². The molecule has 0 aromatic heterocycles. The van der Waals surface area contributed by atoms with Gasteiger partial charge in [-0.05, 0) is 37.3 Å². The summed E-state index contributed by atoms with van der Waals surface area (Å²) in [6.45, 7) is 2.15. The minimum atomic E-state index is -0.870. The summed E-state index contributed by atoms with van der Waals surface area (Å²) in [7, 11) is 2.33. The van der Waals surface area contributed by atoms with E-state index < -0.39 is 23.2 Å². The lowest BCUT2D eigenvalue weighted by Gasteiger charge is -2.65. The topological polar surface area (TPSA) is 69.9 Å². The van der Waals surface area contributed by atoms with Crippen molar-refractivity contribution in [2.45, 2.75) is 67.8 Å². The summed E-state index contributed by atoms with van der Waals surface area (Å²) >= 11 is 0.